The molecule has 18 heavy (non-hydrogen) atoms. The maximum atomic E-state index is 12.3. The van der Waals surface area contributed by atoms with E-state index in [1.165, 1.54) is 0 Å². The average Bonchev–Trinajstić information content (AvgIpc) is 2.30. The molecule has 1 rings (SSSR count). The van der Waals surface area contributed by atoms with E-state index in [1.807, 2.05) is 39.8 Å². The number of ketones is 1. The molecule has 0 unspecified atom stereocenters. The highest BCUT2D eigenvalue weighted by molar-refractivity contribution is 5.98. The van der Waals surface area contributed by atoms with Crippen LogP contribution in [0.5, 0.6) is 5.75 Å². The van der Waals surface area contributed by atoms with E-state index in [-0.39, 0.29) is 5.78 Å². The van der Waals surface area contributed by atoms with Gasteiger partial charge in [0.15, 0.2) is 5.78 Å². The fourth-order valence-corrected chi connectivity index (χ4v) is 1.86. The van der Waals surface area contributed by atoms with Crippen molar-refractivity contribution in [3.05, 3.63) is 28.8 Å². The second-order valence-electron chi connectivity index (χ2n) is 5.20. The van der Waals surface area contributed by atoms with Gasteiger partial charge in [0.2, 0.25) is 0 Å². The third-order valence-electron chi connectivity index (χ3n) is 3.18. The molecule has 0 aliphatic heterocycles. The van der Waals surface area contributed by atoms with Crippen LogP contribution in [0.15, 0.2) is 12.1 Å². The summed E-state index contributed by atoms with van der Waals surface area (Å²) in [5.41, 5.74) is 2.23. The molecule has 100 valence electrons. The summed E-state index contributed by atoms with van der Waals surface area (Å²) in [4.78, 5) is 12.3. The van der Waals surface area contributed by atoms with E-state index in [1.54, 1.807) is 14.2 Å². The largest absolute Gasteiger partial charge is 0.496 e. The molecule has 0 aromatic heterocycles. The van der Waals surface area contributed by atoms with Crippen LogP contribution in [0.25, 0.3) is 0 Å². The molecule has 0 aliphatic rings. The van der Waals surface area contributed by atoms with Crippen LogP contribution in [0, 0.1) is 13.8 Å². The van der Waals surface area contributed by atoms with Gasteiger partial charge in [-0.3, -0.25) is 4.79 Å². The average molecular weight is 250 g/mol. The SMILES string of the molecule is COc1cc(C)c(C(=O)CC(C)(C)OC)cc1C. The molecule has 0 atom stereocenters. The number of carbonyl (C=O) groups excluding carboxylic acids is 1. The predicted molar refractivity (Wildman–Crippen MR) is 72.5 cm³/mol. The van der Waals surface area contributed by atoms with Crippen LogP contribution in [0.2, 0.25) is 0 Å². The summed E-state index contributed by atoms with van der Waals surface area (Å²) in [6, 6.07) is 3.80. The van der Waals surface area contributed by atoms with Gasteiger partial charge < -0.3 is 9.47 Å². The summed E-state index contributed by atoms with van der Waals surface area (Å²) >= 11 is 0. The Hall–Kier alpha value is -1.35. The molecule has 0 heterocycles. The Morgan fingerprint density at radius 2 is 1.78 bits per heavy atom. The van der Waals surface area contributed by atoms with Gasteiger partial charge in [-0.05, 0) is 51.0 Å². The fraction of sp³-hybridized carbons (Fsp3) is 0.533. The fourth-order valence-electron chi connectivity index (χ4n) is 1.86. The van der Waals surface area contributed by atoms with E-state index < -0.39 is 5.60 Å². The van der Waals surface area contributed by atoms with Crippen LogP contribution in [0.4, 0.5) is 0 Å². The van der Waals surface area contributed by atoms with E-state index in [9.17, 15) is 4.79 Å². The van der Waals surface area contributed by atoms with Gasteiger partial charge in [0.1, 0.15) is 5.75 Å². The lowest BCUT2D eigenvalue weighted by Gasteiger charge is -2.22. The van der Waals surface area contributed by atoms with Crippen LogP contribution in [-0.4, -0.2) is 25.6 Å². The first-order valence-corrected chi connectivity index (χ1v) is 6.04. The molecule has 1 aromatic rings. The standard InChI is InChI=1S/C15H22O3/c1-10-8-14(17-5)11(2)7-12(10)13(16)9-15(3,4)18-6/h7-8H,9H2,1-6H3. The van der Waals surface area contributed by atoms with Crippen molar-refractivity contribution < 1.29 is 14.3 Å². The van der Waals surface area contributed by atoms with E-state index in [4.69, 9.17) is 9.47 Å². The Kier molecular flexibility index (Phi) is 4.52. The lowest BCUT2D eigenvalue weighted by molar-refractivity contribution is 0.0172. The van der Waals surface area contributed by atoms with Crippen LogP contribution in [0.3, 0.4) is 0 Å². The lowest BCUT2D eigenvalue weighted by Crippen LogP contribution is -2.26. The number of Topliss-reactive ketones (excluding diaryl/α,β-unsaturated/α-hetero) is 1. The van der Waals surface area contributed by atoms with Crippen LogP contribution in [-0.2, 0) is 4.74 Å². The highest BCUT2D eigenvalue weighted by Gasteiger charge is 2.23. The first-order chi connectivity index (χ1) is 8.30. The van der Waals surface area contributed by atoms with Crippen molar-refractivity contribution in [2.45, 2.75) is 39.7 Å². The summed E-state index contributed by atoms with van der Waals surface area (Å²) < 4.78 is 10.5. The molecule has 0 amide bonds. The number of carbonyl (C=O) groups is 1. The van der Waals surface area contributed by atoms with Crippen LogP contribution < -0.4 is 4.74 Å². The van der Waals surface area contributed by atoms with E-state index in [0.29, 0.717) is 6.42 Å². The van der Waals surface area contributed by atoms with Crippen molar-refractivity contribution in [1.29, 1.82) is 0 Å². The number of hydrogen-bond acceptors (Lipinski definition) is 3. The van der Waals surface area contributed by atoms with E-state index >= 15 is 0 Å². The topological polar surface area (TPSA) is 35.5 Å². The third kappa shape index (κ3) is 3.33. The number of benzene rings is 1. The zero-order valence-electron chi connectivity index (χ0n) is 12.1. The quantitative estimate of drug-likeness (QED) is 0.752. The van der Waals surface area contributed by atoms with Gasteiger partial charge in [-0.15, -0.1) is 0 Å². The number of aryl methyl sites for hydroxylation is 2. The monoisotopic (exact) mass is 250 g/mol. The molecule has 0 fully saturated rings. The van der Waals surface area contributed by atoms with Crippen molar-refractivity contribution in [2.75, 3.05) is 14.2 Å². The van der Waals surface area contributed by atoms with Gasteiger partial charge in [-0.1, -0.05) is 0 Å². The van der Waals surface area contributed by atoms with Gasteiger partial charge >= 0.3 is 0 Å². The smallest absolute Gasteiger partial charge is 0.166 e. The second-order valence-corrected chi connectivity index (χ2v) is 5.20. The molecule has 0 spiro atoms. The number of hydrogen-bond donors (Lipinski definition) is 0. The zero-order chi connectivity index (χ0) is 13.9. The molecular weight excluding hydrogens is 228 g/mol. The predicted octanol–water partition coefficient (Wildman–Crippen LogP) is 3.31. The molecule has 0 saturated carbocycles. The van der Waals surface area contributed by atoms with Gasteiger partial charge in [0.05, 0.1) is 12.7 Å². The van der Waals surface area contributed by atoms with Crippen molar-refractivity contribution in [2.24, 2.45) is 0 Å². The minimum Gasteiger partial charge on any atom is -0.496 e. The summed E-state index contributed by atoms with van der Waals surface area (Å²) in [5.74, 6) is 0.917. The number of methoxy groups -OCH3 is 2. The molecular formula is C15H22O3. The normalized spacial score (nSPS) is 11.4. The van der Waals surface area contributed by atoms with Gasteiger partial charge in [0.25, 0.3) is 0 Å². The Morgan fingerprint density at radius 1 is 1.17 bits per heavy atom. The molecule has 1 aromatic carbocycles. The number of ether oxygens (including phenoxy) is 2. The van der Waals surface area contributed by atoms with Crippen molar-refractivity contribution in [3.63, 3.8) is 0 Å². The minimum atomic E-state index is -0.433. The molecule has 0 saturated heterocycles. The van der Waals surface area contributed by atoms with Crippen molar-refractivity contribution >= 4 is 5.78 Å². The van der Waals surface area contributed by atoms with Crippen LogP contribution in [0.1, 0.15) is 41.8 Å². The molecule has 0 N–H and O–H groups in total. The van der Waals surface area contributed by atoms with Crippen molar-refractivity contribution in [3.8, 4) is 5.75 Å². The number of rotatable bonds is 5. The summed E-state index contributed by atoms with van der Waals surface area (Å²) in [5, 5.41) is 0. The van der Waals surface area contributed by atoms with Gasteiger partial charge in [-0.25, -0.2) is 0 Å². The van der Waals surface area contributed by atoms with E-state index in [2.05, 4.69) is 0 Å². The molecule has 0 bridgehead atoms. The first kappa shape index (κ1) is 14.7. The molecule has 0 radical (unpaired) electrons. The molecule has 0 aliphatic carbocycles. The van der Waals surface area contributed by atoms with Gasteiger partial charge in [-0.2, -0.15) is 0 Å². The van der Waals surface area contributed by atoms with Crippen molar-refractivity contribution in [1.82, 2.24) is 0 Å². The second kappa shape index (κ2) is 5.53. The summed E-state index contributed by atoms with van der Waals surface area (Å²) in [7, 11) is 3.26. The zero-order valence-corrected chi connectivity index (χ0v) is 12.1. The van der Waals surface area contributed by atoms with E-state index in [0.717, 1.165) is 22.4 Å². The Balaban J connectivity index is 3.04. The Morgan fingerprint density at radius 3 is 2.28 bits per heavy atom. The Bertz CT molecular complexity index is 447. The minimum absolute atomic E-state index is 0.102. The lowest BCUT2D eigenvalue weighted by atomic mass is 9.93. The highest BCUT2D eigenvalue weighted by atomic mass is 16.5. The first-order valence-electron chi connectivity index (χ1n) is 6.04. The van der Waals surface area contributed by atoms with Crippen LogP contribution >= 0.6 is 0 Å². The maximum absolute atomic E-state index is 12.3. The third-order valence-corrected chi connectivity index (χ3v) is 3.18. The summed E-state index contributed by atoms with van der Waals surface area (Å²) in [6.45, 7) is 7.69. The Labute approximate surface area is 109 Å². The van der Waals surface area contributed by atoms with Gasteiger partial charge in [0, 0.05) is 19.1 Å². The highest BCUT2D eigenvalue weighted by Crippen LogP contribution is 2.25. The molecule has 3 heteroatoms. The maximum Gasteiger partial charge on any atom is 0.166 e. The molecule has 3 nitrogen and oxygen atoms in total. The summed E-state index contributed by atoms with van der Waals surface area (Å²) in [6.07, 6.45) is 0.371.